The van der Waals surface area contributed by atoms with E-state index in [-0.39, 0.29) is 6.10 Å². The van der Waals surface area contributed by atoms with Crippen LogP contribution in [0.25, 0.3) is 11.4 Å². The number of hydrogen-bond donors (Lipinski definition) is 1. The van der Waals surface area contributed by atoms with E-state index in [4.69, 9.17) is 4.52 Å². The standard InChI is InChI=1S/C13H17N3O2/c1-8-6-11(7-9(2)14-8)13-15-12(18-16-13)5-4-10(3)17/h6-7,10,17H,4-5H2,1-3H3. The zero-order valence-corrected chi connectivity index (χ0v) is 10.8. The Bertz CT molecular complexity index is 515. The van der Waals surface area contributed by atoms with Crippen LogP contribution in [0.5, 0.6) is 0 Å². The Hall–Kier alpha value is -1.75. The fourth-order valence-electron chi connectivity index (χ4n) is 1.77. The summed E-state index contributed by atoms with van der Waals surface area (Å²) >= 11 is 0. The van der Waals surface area contributed by atoms with Crippen molar-refractivity contribution < 1.29 is 9.63 Å². The number of aliphatic hydroxyl groups is 1. The summed E-state index contributed by atoms with van der Waals surface area (Å²) in [4.78, 5) is 8.62. The Morgan fingerprint density at radius 1 is 1.22 bits per heavy atom. The number of aliphatic hydroxyl groups excluding tert-OH is 1. The van der Waals surface area contributed by atoms with Gasteiger partial charge >= 0.3 is 0 Å². The Morgan fingerprint density at radius 2 is 1.89 bits per heavy atom. The molecule has 5 nitrogen and oxygen atoms in total. The third-order valence-corrected chi connectivity index (χ3v) is 2.58. The average Bonchev–Trinajstić information content (AvgIpc) is 2.73. The SMILES string of the molecule is Cc1cc(-c2noc(CCC(C)O)n2)cc(C)n1. The van der Waals surface area contributed by atoms with Crippen molar-refractivity contribution in [3.8, 4) is 11.4 Å². The summed E-state index contributed by atoms with van der Waals surface area (Å²) in [6, 6.07) is 3.85. The zero-order valence-electron chi connectivity index (χ0n) is 10.8. The first-order valence-corrected chi connectivity index (χ1v) is 6.01. The zero-order chi connectivity index (χ0) is 13.1. The highest BCUT2D eigenvalue weighted by molar-refractivity contribution is 5.55. The molecule has 1 unspecified atom stereocenters. The molecule has 0 fully saturated rings. The van der Waals surface area contributed by atoms with Gasteiger partial charge < -0.3 is 9.63 Å². The van der Waals surface area contributed by atoms with E-state index in [2.05, 4.69) is 15.1 Å². The molecule has 5 heteroatoms. The minimum atomic E-state index is -0.356. The van der Waals surface area contributed by atoms with Gasteiger partial charge in [0, 0.05) is 23.4 Å². The summed E-state index contributed by atoms with van der Waals surface area (Å²) in [5.74, 6) is 1.13. The Balaban J connectivity index is 2.18. The van der Waals surface area contributed by atoms with Crippen LogP contribution in [0.2, 0.25) is 0 Å². The number of rotatable bonds is 4. The van der Waals surface area contributed by atoms with Crippen molar-refractivity contribution in [1.82, 2.24) is 15.1 Å². The van der Waals surface area contributed by atoms with E-state index in [1.807, 2.05) is 26.0 Å². The Kier molecular flexibility index (Phi) is 3.72. The van der Waals surface area contributed by atoms with E-state index >= 15 is 0 Å². The minimum absolute atomic E-state index is 0.356. The summed E-state index contributed by atoms with van der Waals surface area (Å²) in [6.07, 6.45) is 0.856. The molecule has 2 rings (SSSR count). The fourth-order valence-corrected chi connectivity index (χ4v) is 1.77. The van der Waals surface area contributed by atoms with E-state index in [0.717, 1.165) is 17.0 Å². The molecule has 18 heavy (non-hydrogen) atoms. The summed E-state index contributed by atoms with van der Waals surface area (Å²) in [5.41, 5.74) is 2.77. The third-order valence-electron chi connectivity index (χ3n) is 2.58. The van der Waals surface area contributed by atoms with Crippen LogP contribution in [-0.2, 0) is 6.42 Å². The molecular formula is C13H17N3O2. The first-order valence-electron chi connectivity index (χ1n) is 6.01. The second-order valence-electron chi connectivity index (χ2n) is 4.54. The highest BCUT2D eigenvalue weighted by atomic mass is 16.5. The molecule has 0 aliphatic rings. The van der Waals surface area contributed by atoms with Gasteiger partial charge in [0.1, 0.15) is 0 Å². The molecule has 2 aromatic rings. The lowest BCUT2D eigenvalue weighted by Crippen LogP contribution is -2.01. The van der Waals surface area contributed by atoms with Gasteiger partial charge in [0.2, 0.25) is 11.7 Å². The third kappa shape index (κ3) is 3.13. The molecule has 2 heterocycles. The van der Waals surface area contributed by atoms with Crippen molar-refractivity contribution in [2.45, 2.75) is 39.7 Å². The first-order chi connectivity index (χ1) is 8.54. The van der Waals surface area contributed by atoms with Gasteiger partial charge in [-0.3, -0.25) is 4.98 Å². The van der Waals surface area contributed by atoms with Crippen LogP contribution in [-0.4, -0.2) is 26.3 Å². The lowest BCUT2D eigenvalue weighted by Gasteiger charge is -1.99. The first kappa shape index (κ1) is 12.7. The van der Waals surface area contributed by atoms with Gasteiger partial charge in [0.15, 0.2) is 0 Å². The molecule has 1 N–H and O–H groups in total. The van der Waals surface area contributed by atoms with E-state index < -0.39 is 0 Å². The van der Waals surface area contributed by atoms with E-state index in [0.29, 0.717) is 24.6 Å². The van der Waals surface area contributed by atoms with Crippen LogP contribution in [0.4, 0.5) is 0 Å². The molecule has 0 aromatic carbocycles. The van der Waals surface area contributed by atoms with Gasteiger partial charge in [-0.2, -0.15) is 4.98 Å². The molecule has 0 spiro atoms. The fraction of sp³-hybridized carbons (Fsp3) is 0.462. The lowest BCUT2D eigenvalue weighted by atomic mass is 10.2. The van der Waals surface area contributed by atoms with Gasteiger partial charge in [-0.05, 0) is 39.3 Å². The molecule has 0 saturated carbocycles. The topological polar surface area (TPSA) is 72.0 Å². The van der Waals surface area contributed by atoms with Crippen LogP contribution < -0.4 is 0 Å². The van der Waals surface area contributed by atoms with Crippen molar-refractivity contribution in [3.05, 3.63) is 29.4 Å². The predicted octanol–water partition coefficient (Wildman–Crippen LogP) is 2.06. The number of nitrogens with zero attached hydrogens (tertiary/aromatic N) is 3. The van der Waals surface area contributed by atoms with E-state index in [9.17, 15) is 5.11 Å². The predicted molar refractivity (Wildman–Crippen MR) is 67.0 cm³/mol. The van der Waals surface area contributed by atoms with E-state index in [1.165, 1.54) is 0 Å². The van der Waals surface area contributed by atoms with Crippen molar-refractivity contribution in [3.63, 3.8) is 0 Å². The molecule has 0 amide bonds. The maximum atomic E-state index is 9.21. The molecule has 0 radical (unpaired) electrons. The van der Waals surface area contributed by atoms with Crippen LogP contribution in [0.3, 0.4) is 0 Å². The largest absolute Gasteiger partial charge is 0.393 e. The highest BCUT2D eigenvalue weighted by Crippen LogP contribution is 2.18. The maximum Gasteiger partial charge on any atom is 0.227 e. The van der Waals surface area contributed by atoms with Crippen LogP contribution in [0.1, 0.15) is 30.6 Å². The van der Waals surface area contributed by atoms with Crippen molar-refractivity contribution >= 4 is 0 Å². The van der Waals surface area contributed by atoms with Crippen molar-refractivity contribution in [1.29, 1.82) is 0 Å². The second kappa shape index (κ2) is 5.27. The summed E-state index contributed by atoms with van der Waals surface area (Å²) < 4.78 is 5.16. The quantitative estimate of drug-likeness (QED) is 0.895. The minimum Gasteiger partial charge on any atom is -0.393 e. The molecule has 2 aromatic heterocycles. The summed E-state index contributed by atoms with van der Waals surface area (Å²) in [5, 5.41) is 13.2. The van der Waals surface area contributed by atoms with Crippen molar-refractivity contribution in [2.24, 2.45) is 0 Å². The molecular weight excluding hydrogens is 230 g/mol. The smallest absolute Gasteiger partial charge is 0.227 e. The Labute approximate surface area is 106 Å². The van der Waals surface area contributed by atoms with Gasteiger partial charge in [-0.15, -0.1) is 0 Å². The Morgan fingerprint density at radius 3 is 2.50 bits per heavy atom. The van der Waals surface area contributed by atoms with Crippen LogP contribution in [0, 0.1) is 13.8 Å². The monoisotopic (exact) mass is 247 g/mol. The van der Waals surface area contributed by atoms with Gasteiger partial charge in [0.05, 0.1) is 6.10 Å². The average molecular weight is 247 g/mol. The van der Waals surface area contributed by atoms with Crippen LogP contribution in [0.15, 0.2) is 16.7 Å². The number of hydrogen-bond acceptors (Lipinski definition) is 5. The molecule has 0 aliphatic heterocycles. The van der Waals surface area contributed by atoms with Gasteiger partial charge in [-0.1, -0.05) is 5.16 Å². The number of pyridine rings is 1. The van der Waals surface area contributed by atoms with Gasteiger partial charge in [0.25, 0.3) is 0 Å². The van der Waals surface area contributed by atoms with E-state index in [1.54, 1.807) is 6.92 Å². The molecule has 0 saturated heterocycles. The molecule has 0 bridgehead atoms. The normalized spacial score (nSPS) is 12.7. The van der Waals surface area contributed by atoms with Crippen molar-refractivity contribution in [2.75, 3.05) is 0 Å². The van der Waals surface area contributed by atoms with Crippen LogP contribution >= 0.6 is 0 Å². The highest BCUT2D eigenvalue weighted by Gasteiger charge is 2.10. The summed E-state index contributed by atoms with van der Waals surface area (Å²) in [6.45, 7) is 5.61. The molecule has 1 atom stereocenters. The lowest BCUT2D eigenvalue weighted by molar-refractivity contribution is 0.180. The number of aryl methyl sites for hydroxylation is 3. The number of aromatic nitrogens is 3. The maximum absolute atomic E-state index is 9.21. The summed E-state index contributed by atoms with van der Waals surface area (Å²) in [7, 11) is 0. The molecule has 96 valence electrons. The van der Waals surface area contributed by atoms with Gasteiger partial charge in [-0.25, -0.2) is 0 Å². The molecule has 0 aliphatic carbocycles. The second-order valence-corrected chi connectivity index (χ2v) is 4.54.